The van der Waals surface area contributed by atoms with Gasteiger partial charge >= 0.3 is 5.97 Å². The SMILES string of the molecule is CCn1c(-c2cccnc2[C@H](C)OC)c2c3cc(ccc31)-c1cc(O)cc(c1)C[C@H](NC(=O)C(C(C)C)N(C)C(=O)[C@@H]1C[C@@H]1CO)C(=O)N1CCC[C@H](N1)C(=O)OCC(C)(C)C2. The van der Waals surface area contributed by atoms with Crippen molar-refractivity contribution in [1.29, 1.82) is 0 Å². The normalized spacial score (nSPS) is 22.5. The molecule has 6 bridgehead atoms. The Morgan fingerprint density at radius 1 is 1.11 bits per heavy atom. The van der Waals surface area contributed by atoms with Crippen molar-refractivity contribution in [3.05, 3.63) is 71.5 Å². The third-order valence-corrected chi connectivity index (χ3v) is 12.8. The van der Waals surface area contributed by atoms with Gasteiger partial charge in [-0.2, -0.15) is 0 Å². The van der Waals surface area contributed by atoms with Crippen LogP contribution in [0.3, 0.4) is 0 Å². The predicted octanol–water partition coefficient (Wildman–Crippen LogP) is 5.56. The highest BCUT2D eigenvalue weighted by Crippen LogP contribution is 2.43. The van der Waals surface area contributed by atoms with Crippen molar-refractivity contribution in [2.75, 3.05) is 33.9 Å². The number of likely N-dealkylation sites (N-methyl/N-ethyl adjacent to an activating group) is 1. The van der Waals surface area contributed by atoms with Crippen LogP contribution < -0.4 is 10.7 Å². The lowest BCUT2D eigenvalue weighted by atomic mass is 9.84. The molecule has 14 heteroatoms. The largest absolute Gasteiger partial charge is 0.508 e. The molecule has 3 aliphatic rings. The van der Waals surface area contributed by atoms with Crippen LogP contribution >= 0.6 is 0 Å². The standard InChI is InChI=1S/C48H62N6O8/c1-9-53-40-15-14-30-22-36(40)37(43(53)34-12-10-16-49-41(34)28(4)61-8)24-48(5,6)26-62-47(60)38-13-11-17-54(51-38)46(59)39(20-29-18-31(30)21-33(56)19-29)50-44(57)42(27(2)3)52(7)45(58)35-23-32(35)25-55/h10,12,14-16,18-19,21-22,27-28,32,35,38-39,42,51,55-56H,9,11,13,17,20,23-26H2,1-8H3,(H,50,57)/t28-,32+,35+,38-,39-,42?/m0/s1. The Hall–Kier alpha value is -5.31. The molecule has 1 saturated heterocycles. The summed E-state index contributed by atoms with van der Waals surface area (Å²) in [4.78, 5) is 62.4. The minimum absolute atomic E-state index is 0.00146. The molecule has 4 N–H and O–H groups in total. The molecule has 1 aliphatic carbocycles. The number of fused-ring (bicyclic) bond motifs is 6. The number of carbonyl (C=O) groups is 4. The van der Waals surface area contributed by atoms with Crippen molar-refractivity contribution in [3.8, 4) is 28.1 Å². The van der Waals surface area contributed by atoms with E-state index in [1.54, 1.807) is 32.5 Å². The van der Waals surface area contributed by atoms with Gasteiger partial charge in [-0.1, -0.05) is 39.8 Å². The van der Waals surface area contributed by atoms with Gasteiger partial charge in [0.05, 0.1) is 24.1 Å². The van der Waals surface area contributed by atoms with E-state index in [-0.39, 0.29) is 55.1 Å². The maximum absolute atomic E-state index is 14.6. The Bertz CT molecular complexity index is 2340. The van der Waals surface area contributed by atoms with Gasteiger partial charge in [-0.05, 0) is 110 Å². The van der Waals surface area contributed by atoms with Gasteiger partial charge in [0.15, 0.2) is 0 Å². The number of nitrogens with one attached hydrogen (secondary N) is 2. The Kier molecular flexibility index (Phi) is 13.1. The van der Waals surface area contributed by atoms with Gasteiger partial charge in [0, 0.05) is 74.3 Å². The van der Waals surface area contributed by atoms with Gasteiger partial charge in [-0.25, -0.2) is 5.43 Å². The Morgan fingerprint density at radius 2 is 1.89 bits per heavy atom. The number of ether oxygens (including phenoxy) is 2. The summed E-state index contributed by atoms with van der Waals surface area (Å²) in [6.07, 6.45) is 3.59. The fraction of sp³-hybridized carbons (Fsp3) is 0.521. The van der Waals surface area contributed by atoms with E-state index in [4.69, 9.17) is 14.5 Å². The number of aromatic nitrogens is 2. The molecule has 2 aromatic carbocycles. The lowest BCUT2D eigenvalue weighted by Crippen LogP contribution is -2.62. The molecule has 14 nitrogen and oxygen atoms in total. The molecule has 4 heterocycles. The number of aryl methyl sites for hydroxylation is 1. The lowest BCUT2D eigenvalue weighted by Gasteiger charge is -2.36. The van der Waals surface area contributed by atoms with E-state index in [0.717, 1.165) is 44.5 Å². The number of aromatic hydroxyl groups is 1. The number of phenols is 1. The number of pyridine rings is 1. The number of hydrogen-bond acceptors (Lipinski definition) is 10. The van der Waals surface area contributed by atoms with Crippen LogP contribution in [0.5, 0.6) is 5.75 Å². The minimum atomic E-state index is -1.13. The molecule has 6 atom stereocenters. The van der Waals surface area contributed by atoms with E-state index in [1.165, 1.54) is 9.91 Å². The van der Waals surface area contributed by atoms with Crippen LogP contribution in [0.1, 0.15) is 83.7 Å². The van der Waals surface area contributed by atoms with Crippen LogP contribution in [0, 0.1) is 23.2 Å². The zero-order valence-corrected chi connectivity index (χ0v) is 37.2. The molecule has 1 saturated carbocycles. The quantitative estimate of drug-likeness (QED) is 0.148. The lowest BCUT2D eigenvalue weighted by molar-refractivity contribution is -0.155. The first-order chi connectivity index (χ1) is 29.5. The zero-order valence-electron chi connectivity index (χ0n) is 37.2. The number of nitrogens with zero attached hydrogens (tertiary/aromatic N) is 4. The minimum Gasteiger partial charge on any atom is -0.508 e. The number of benzene rings is 2. The smallest absolute Gasteiger partial charge is 0.324 e. The van der Waals surface area contributed by atoms with E-state index in [0.29, 0.717) is 44.3 Å². The van der Waals surface area contributed by atoms with Crippen molar-refractivity contribution in [3.63, 3.8) is 0 Å². The monoisotopic (exact) mass is 850 g/mol. The van der Waals surface area contributed by atoms with E-state index < -0.39 is 41.3 Å². The first-order valence-electron chi connectivity index (χ1n) is 21.9. The average Bonchev–Trinajstić information content (AvgIpc) is 3.99. The fourth-order valence-electron chi connectivity index (χ4n) is 9.40. The highest BCUT2D eigenvalue weighted by molar-refractivity contribution is 5.96. The molecule has 4 aromatic rings. The molecule has 332 valence electrons. The highest BCUT2D eigenvalue weighted by Gasteiger charge is 2.46. The number of aliphatic hydroxyl groups excluding tert-OH is 1. The van der Waals surface area contributed by atoms with Gasteiger partial charge in [-0.3, -0.25) is 29.2 Å². The molecule has 0 spiro atoms. The zero-order chi connectivity index (χ0) is 44.6. The summed E-state index contributed by atoms with van der Waals surface area (Å²) in [7, 11) is 3.26. The number of phenolic OH excluding ortho intramolecular Hbond substituents is 1. The summed E-state index contributed by atoms with van der Waals surface area (Å²) in [5, 5.41) is 26.3. The molecule has 2 fully saturated rings. The summed E-state index contributed by atoms with van der Waals surface area (Å²) in [6.45, 7) is 12.9. The Balaban J connectivity index is 1.34. The summed E-state index contributed by atoms with van der Waals surface area (Å²) >= 11 is 0. The van der Waals surface area contributed by atoms with Gasteiger partial charge in [0.25, 0.3) is 5.91 Å². The van der Waals surface area contributed by atoms with Crippen molar-refractivity contribution in [2.45, 2.75) is 104 Å². The number of hydrazine groups is 1. The van der Waals surface area contributed by atoms with E-state index >= 15 is 0 Å². The van der Waals surface area contributed by atoms with Gasteiger partial charge in [0.2, 0.25) is 11.8 Å². The number of rotatable bonds is 10. The van der Waals surface area contributed by atoms with Crippen LogP contribution in [0.4, 0.5) is 0 Å². The molecule has 62 heavy (non-hydrogen) atoms. The fourth-order valence-corrected chi connectivity index (χ4v) is 9.40. The third-order valence-electron chi connectivity index (χ3n) is 12.8. The maximum Gasteiger partial charge on any atom is 0.324 e. The summed E-state index contributed by atoms with van der Waals surface area (Å²) in [5.74, 6) is -2.43. The molecule has 2 aliphatic heterocycles. The number of esters is 1. The molecule has 3 amide bonds. The topological polar surface area (TPSA) is 176 Å². The molecular weight excluding hydrogens is 789 g/mol. The Morgan fingerprint density at radius 3 is 2.58 bits per heavy atom. The predicted molar refractivity (Wildman–Crippen MR) is 235 cm³/mol. The van der Waals surface area contributed by atoms with E-state index in [2.05, 4.69) is 54.3 Å². The number of methoxy groups -OCH3 is 1. The van der Waals surface area contributed by atoms with Crippen molar-refractivity contribution in [2.24, 2.45) is 23.2 Å². The number of cyclic esters (lactones) is 1. The second-order valence-corrected chi connectivity index (χ2v) is 18.5. The number of aliphatic hydroxyl groups is 1. The maximum atomic E-state index is 14.6. The van der Waals surface area contributed by atoms with Crippen molar-refractivity contribution in [1.82, 2.24) is 30.2 Å². The van der Waals surface area contributed by atoms with Gasteiger partial charge in [-0.15, -0.1) is 0 Å². The molecule has 0 radical (unpaired) electrons. The third kappa shape index (κ3) is 9.09. The summed E-state index contributed by atoms with van der Waals surface area (Å²) < 4.78 is 14.2. The molecular formula is C48H62N6O8. The van der Waals surface area contributed by atoms with Crippen LogP contribution in [0.15, 0.2) is 54.7 Å². The first kappa shape index (κ1) is 44.7. The summed E-state index contributed by atoms with van der Waals surface area (Å²) in [5.41, 5.74) is 9.60. The first-order valence-corrected chi connectivity index (χ1v) is 21.9. The average molecular weight is 851 g/mol. The van der Waals surface area contributed by atoms with Crippen LogP contribution in [-0.4, -0.2) is 105 Å². The van der Waals surface area contributed by atoms with Crippen LogP contribution in [0.2, 0.25) is 0 Å². The molecule has 2 aromatic heterocycles. The Labute approximate surface area is 363 Å². The van der Waals surface area contributed by atoms with E-state index in [1.807, 2.05) is 39.0 Å². The second-order valence-electron chi connectivity index (χ2n) is 18.5. The number of carbonyl (C=O) groups excluding carboxylic acids is 4. The summed E-state index contributed by atoms with van der Waals surface area (Å²) in [6, 6.07) is 12.6. The molecule has 1 unspecified atom stereocenters. The number of amides is 3. The van der Waals surface area contributed by atoms with Crippen LogP contribution in [0.25, 0.3) is 33.3 Å². The van der Waals surface area contributed by atoms with Crippen molar-refractivity contribution >= 4 is 34.6 Å². The van der Waals surface area contributed by atoms with Crippen LogP contribution in [-0.2, 0) is 48.0 Å². The highest BCUT2D eigenvalue weighted by atomic mass is 16.5. The van der Waals surface area contributed by atoms with Gasteiger partial charge < -0.3 is 34.5 Å². The molecule has 7 rings (SSSR count). The second kappa shape index (κ2) is 18.2. The van der Waals surface area contributed by atoms with Crippen molar-refractivity contribution < 1.29 is 38.9 Å². The van der Waals surface area contributed by atoms with E-state index in [9.17, 15) is 29.4 Å². The number of hydrogen-bond donors (Lipinski definition) is 4. The van der Waals surface area contributed by atoms with Gasteiger partial charge in [0.1, 0.15) is 23.9 Å².